The maximum atomic E-state index is 2.38. The number of rotatable bonds is 4. The van der Waals surface area contributed by atoms with Gasteiger partial charge in [-0.15, -0.1) is 0 Å². The Morgan fingerprint density at radius 1 is 0.458 bits per heavy atom. The van der Waals surface area contributed by atoms with Gasteiger partial charge < -0.3 is 0 Å². The standard InChI is InChI=1S/C24H20/c1-3-9-19(10-4-1)15-21-17-22-13-7-8-14-24(22)23(18-21)16-20-11-5-2-6-12-20/h1-14,17-18H,15-16H2. The largest absolute Gasteiger partial charge is 0.0622 e. The lowest BCUT2D eigenvalue weighted by Gasteiger charge is -2.11. The summed E-state index contributed by atoms with van der Waals surface area (Å²) in [6, 6.07) is 34.8. The summed E-state index contributed by atoms with van der Waals surface area (Å²) < 4.78 is 0. The highest BCUT2D eigenvalue weighted by Crippen LogP contribution is 2.25. The lowest BCUT2D eigenvalue weighted by atomic mass is 9.93. The first-order valence-electron chi connectivity index (χ1n) is 8.47. The summed E-state index contributed by atoms with van der Waals surface area (Å²) in [5, 5.41) is 2.69. The number of hydrogen-bond donors (Lipinski definition) is 0. The van der Waals surface area contributed by atoms with Gasteiger partial charge in [0.05, 0.1) is 0 Å². The zero-order chi connectivity index (χ0) is 16.2. The van der Waals surface area contributed by atoms with E-state index in [4.69, 9.17) is 0 Å². The first kappa shape index (κ1) is 14.7. The number of fused-ring (bicyclic) bond motifs is 1. The zero-order valence-corrected chi connectivity index (χ0v) is 13.7. The van der Waals surface area contributed by atoms with E-state index >= 15 is 0 Å². The van der Waals surface area contributed by atoms with E-state index in [1.54, 1.807) is 0 Å². The SMILES string of the molecule is c1ccc(Cc2cc(Cc3ccccc3)c3ccccc3c2)cc1. The second-order valence-corrected chi connectivity index (χ2v) is 6.30. The van der Waals surface area contributed by atoms with Crippen LogP contribution in [0.25, 0.3) is 10.8 Å². The highest BCUT2D eigenvalue weighted by molar-refractivity contribution is 5.86. The highest BCUT2D eigenvalue weighted by atomic mass is 14.1. The Kier molecular flexibility index (Phi) is 4.12. The van der Waals surface area contributed by atoms with Crippen molar-refractivity contribution in [3.63, 3.8) is 0 Å². The van der Waals surface area contributed by atoms with E-state index in [-0.39, 0.29) is 0 Å². The number of benzene rings is 4. The van der Waals surface area contributed by atoms with Gasteiger partial charge in [-0.25, -0.2) is 0 Å². The first-order chi connectivity index (χ1) is 11.9. The summed E-state index contributed by atoms with van der Waals surface area (Å²) in [4.78, 5) is 0. The van der Waals surface area contributed by atoms with Crippen molar-refractivity contribution in [1.29, 1.82) is 0 Å². The van der Waals surface area contributed by atoms with Crippen molar-refractivity contribution in [3.8, 4) is 0 Å². The molecule has 0 spiro atoms. The molecule has 0 heterocycles. The van der Waals surface area contributed by atoms with Crippen molar-refractivity contribution >= 4 is 10.8 Å². The maximum Gasteiger partial charge on any atom is -0.00195 e. The molecule has 0 heteroatoms. The molecule has 0 fully saturated rings. The quantitative estimate of drug-likeness (QED) is 0.432. The van der Waals surface area contributed by atoms with Gasteiger partial charge in [-0.2, -0.15) is 0 Å². The minimum absolute atomic E-state index is 0.976. The molecule has 0 radical (unpaired) electrons. The van der Waals surface area contributed by atoms with Crippen LogP contribution in [0.1, 0.15) is 22.3 Å². The van der Waals surface area contributed by atoms with Crippen LogP contribution in [-0.4, -0.2) is 0 Å². The molecule has 0 bridgehead atoms. The highest BCUT2D eigenvalue weighted by Gasteiger charge is 2.06. The van der Waals surface area contributed by atoms with Gasteiger partial charge in [-0.05, 0) is 45.9 Å². The Labute approximate surface area is 143 Å². The van der Waals surface area contributed by atoms with Gasteiger partial charge in [0, 0.05) is 0 Å². The van der Waals surface area contributed by atoms with Crippen LogP contribution >= 0.6 is 0 Å². The van der Waals surface area contributed by atoms with Gasteiger partial charge in [-0.1, -0.05) is 97.1 Å². The van der Waals surface area contributed by atoms with Crippen LogP contribution in [0.5, 0.6) is 0 Å². The summed E-state index contributed by atoms with van der Waals surface area (Å²) in [5.74, 6) is 0. The molecular formula is C24H20. The van der Waals surface area contributed by atoms with Crippen molar-refractivity contribution < 1.29 is 0 Å². The zero-order valence-electron chi connectivity index (χ0n) is 13.7. The Hall–Kier alpha value is -2.86. The summed E-state index contributed by atoms with van der Waals surface area (Å²) in [5.41, 5.74) is 5.51. The van der Waals surface area contributed by atoms with Gasteiger partial charge in [0.1, 0.15) is 0 Å². The first-order valence-corrected chi connectivity index (χ1v) is 8.47. The van der Waals surface area contributed by atoms with Crippen molar-refractivity contribution in [2.24, 2.45) is 0 Å². The van der Waals surface area contributed by atoms with Crippen LogP contribution in [0.4, 0.5) is 0 Å². The lowest BCUT2D eigenvalue weighted by molar-refractivity contribution is 1.16. The van der Waals surface area contributed by atoms with E-state index in [2.05, 4.69) is 97.1 Å². The Bertz CT molecular complexity index is 937. The summed E-state index contributed by atoms with van der Waals surface area (Å²) in [6.45, 7) is 0. The van der Waals surface area contributed by atoms with Gasteiger partial charge >= 0.3 is 0 Å². The predicted octanol–water partition coefficient (Wildman–Crippen LogP) is 6.02. The molecule has 0 aliphatic carbocycles. The average Bonchev–Trinajstić information content (AvgIpc) is 2.63. The van der Waals surface area contributed by atoms with E-state index in [1.165, 1.54) is 33.0 Å². The number of hydrogen-bond acceptors (Lipinski definition) is 0. The van der Waals surface area contributed by atoms with Crippen LogP contribution in [0.2, 0.25) is 0 Å². The minimum atomic E-state index is 0.976. The van der Waals surface area contributed by atoms with Crippen LogP contribution in [-0.2, 0) is 12.8 Å². The second-order valence-electron chi connectivity index (χ2n) is 6.30. The molecule has 0 aliphatic heterocycles. The molecule has 116 valence electrons. The molecule has 24 heavy (non-hydrogen) atoms. The monoisotopic (exact) mass is 308 g/mol. The predicted molar refractivity (Wildman–Crippen MR) is 102 cm³/mol. The molecule has 0 saturated heterocycles. The molecule has 0 saturated carbocycles. The van der Waals surface area contributed by atoms with E-state index in [9.17, 15) is 0 Å². The van der Waals surface area contributed by atoms with Crippen molar-refractivity contribution in [2.45, 2.75) is 12.8 Å². The molecule has 0 atom stereocenters. The summed E-state index contributed by atoms with van der Waals surface area (Å²) in [6.07, 6.45) is 1.96. The van der Waals surface area contributed by atoms with E-state index in [0.29, 0.717) is 0 Å². The molecule has 4 aromatic carbocycles. The van der Waals surface area contributed by atoms with E-state index < -0.39 is 0 Å². The molecule has 0 unspecified atom stereocenters. The molecule has 0 aliphatic rings. The second kappa shape index (κ2) is 6.72. The molecule has 4 aromatic rings. The van der Waals surface area contributed by atoms with Crippen LogP contribution in [0, 0.1) is 0 Å². The molecule has 4 rings (SSSR count). The fourth-order valence-electron chi connectivity index (χ4n) is 3.35. The van der Waals surface area contributed by atoms with Crippen LogP contribution in [0.3, 0.4) is 0 Å². The molecule has 0 N–H and O–H groups in total. The molecule has 0 amide bonds. The molecule has 0 nitrogen and oxygen atoms in total. The Morgan fingerprint density at radius 3 is 1.75 bits per heavy atom. The van der Waals surface area contributed by atoms with Crippen molar-refractivity contribution in [2.75, 3.05) is 0 Å². The van der Waals surface area contributed by atoms with E-state index in [1.807, 2.05) is 0 Å². The molecule has 0 aromatic heterocycles. The molecular weight excluding hydrogens is 288 g/mol. The summed E-state index contributed by atoms with van der Waals surface area (Å²) in [7, 11) is 0. The van der Waals surface area contributed by atoms with E-state index in [0.717, 1.165) is 12.8 Å². The fraction of sp³-hybridized carbons (Fsp3) is 0.0833. The van der Waals surface area contributed by atoms with Crippen LogP contribution < -0.4 is 0 Å². The minimum Gasteiger partial charge on any atom is -0.0622 e. The van der Waals surface area contributed by atoms with Gasteiger partial charge in [0.25, 0.3) is 0 Å². The Morgan fingerprint density at radius 2 is 1.04 bits per heavy atom. The van der Waals surface area contributed by atoms with Crippen molar-refractivity contribution in [3.05, 3.63) is 119 Å². The average molecular weight is 308 g/mol. The lowest BCUT2D eigenvalue weighted by Crippen LogP contribution is -1.94. The normalized spacial score (nSPS) is 10.8. The third kappa shape index (κ3) is 3.23. The summed E-state index contributed by atoms with van der Waals surface area (Å²) >= 11 is 0. The van der Waals surface area contributed by atoms with Gasteiger partial charge in [0.2, 0.25) is 0 Å². The topological polar surface area (TPSA) is 0 Å². The Balaban J connectivity index is 1.76. The van der Waals surface area contributed by atoms with Gasteiger partial charge in [0.15, 0.2) is 0 Å². The van der Waals surface area contributed by atoms with Crippen molar-refractivity contribution in [1.82, 2.24) is 0 Å². The van der Waals surface area contributed by atoms with Gasteiger partial charge in [-0.3, -0.25) is 0 Å². The maximum absolute atomic E-state index is 2.38. The third-order valence-electron chi connectivity index (χ3n) is 4.50. The smallest absolute Gasteiger partial charge is 0.00195 e. The van der Waals surface area contributed by atoms with Crippen LogP contribution in [0.15, 0.2) is 97.1 Å². The third-order valence-corrected chi connectivity index (χ3v) is 4.50. The fourth-order valence-corrected chi connectivity index (χ4v) is 3.35.